The van der Waals surface area contributed by atoms with Gasteiger partial charge in [0.15, 0.2) is 0 Å². The number of rotatable bonds is 2. The van der Waals surface area contributed by atoms with Crippen molar-refractivity contribution in [1.82, 2.24) is 20.0 Å². The minimum absolute atomic E-state index is 0.292. The standard InChI is InChI=1S/C15H28N4/c1-11-7-13(18(6)17-11)10-19-9-12(2)16-8-14(19)15(3,4)5/h7,12,14,16H,8-10H2,1-6H3. The third kappa shape index (κ3) is 3.37. The van der Waals surface area contributed by atoms with Crippen LogP contribution in [0.25, 0.3) is 0 Å². The van der Waals surface area contributed by atoms with Crippen molar-refractivity contribution < 1.29 is 0 Å². The van der Waals surface area contributed by atoms with Crippen LogP contribution in [-0.4, -0.2) is 39.9 Å². The molecule has 2 atom stereocenters. The van der Waals surface area contributed by atoms with Crippen molar-refractivity contribution in [2.45, 2.75) is 53.2 Å². The van der Waals surface area contributed by atoms with Gasteiger partial charge in [-0.1, -0.05) is 20.8 Å². The molecule has 0 spiro atoms. The molecule has 1 aromatic rings. The molecule has 0 radical (unpaired) electrons. The first kappa shape index (κ1) is 14.5. The Labute approximate surface area is 117 Å². The summed E-state index contributed by atoms with van der Waals surface area (Å²) in [6, 6.07) is 3.33. The summed E-state index contributed by atoms with van der Waals surface area (Å²) >= 11 is 0. The maximum atomic E-state index is 4.46. The SMILES string of the molecule is Cc1cc(CN2CC(C)NCC2C(C)(C)C)n(C)n1. The van der Waals surface area contributed by atoms with E-state index in [1.165, 1.54) is 5.69 Å². The highest BCUT2D eigenvalue weighted by Gasteiger charge is 2.34. The largest absolute Gasteiger partial charge is 0.311 e. The van der Waals surface area contributed by atoms with Gasteiger partial charge in [0.1, 0.15) is 0 Å². The Bertz CT molecular complexity index is 430. The molecule has 1 fully saturated rings. The Kier molecular flexibility index (Phi) is 4.02. The number of nitrogens with zero attached hydrogens (tertiary/aromatic N) is 3. The van der Waals surface area contributed by atoms with E-state index in [1.54, 1.807) is 0 Å². The van der Waals surface area contributed by atoms with E-state index in [2.05, 4.69) is 56.0 Å². The maximum absolute atomic E-state index is 4.46. The van der Waals surface area contributed by atoms with Gasteiger partial charge in [-0.2, -0.15) is 5.10 Å². The molecule has 1 N–H and O–H groups in total. The van der Waals surface area contributed by atoms with E-state index in [0.29, 0.717) is 17.5 Å². The van der Waals surface area contributed by atoms with Crippen molar-refractivity contribution in [2.24, 2.45) is 12.5 Å². The minimum Gasteiger partial charge on any atom is -0.311 e. The molecule has 1 aromatic heterocycles. The molecule has 1 aliphatic rings. The third-order valence-electron chi connectivity index (χ3n) is 4.07. The molecule has 0 bridgehead atoms. The molecule has 4 nitrogen and oxygen atoms in total. The van der Waals surface area contributed by atoms with E-state index in [0.717, 1.165) is 25.3 Å². The summed E-state index contributed by atoms with van der Waals surface area (Å²) in [5, 5.41) is 8.07. The lowest BCUT2D eigenvalue weighted by Gasteiger charge is -2.45. The van der Waals surface area contributed by atoms with E-state index < -0.39 is 0 Å². The lowest BCUT2D eigenvalue weighted by atomic mass is 9.84. The molecule has 108 valence electrons. The summed E-state index contributed by atoms with van der Waals surface area (Å²) in [6.45, 7) is 14.5. The second-order valence-electron chi connectivity index (χ2n) is 7.02. The van der Waals surface area contributed by atoms with Gasteiger partial charge in [0.25, 0.3) is 0 Å². The van der Waals surface area contributed by atoms with Crippen LogP contribution in [0.1, 0.15) is 39.1 Å². The molecule has 2 heterocycles. The van der Waals surface area contributed by atoms with Crippen molar-refractivity contribution in [1.29, 1.82) is 0 Å². The Morgan fingerprint density at radius 1 is 1.42 bits per heavy atom. The van der Waals surface area contributed by atoms with Gasteiger partial charge in [-0.25, -0.2) is 0 Å². The van der Waals surface area contributed by atoms with Crippen LogP contribution in [0.5, 0.6) is 0 Å². The monoisotopic (exact) mass is 264 g/mol. The first-order valence-electron chi connectivity index (χ1n) is 7.24. The average Bonchev–Trinajstić information content (AvgIpc) is 2.55. The van der Waals surface area contributed by atoms with Crippen molar-refractivity contribution in [3.05, 3.63) is 17.5 Å². The van der Waals surface area contributed by atoms with E-state index in [-0.39, 0.29) is 0 Å². The number of hydrogen-bond acceptors (Lipinski definition) is 3. The first-order chi connectivity index (χ1) is 8.77. The van der Waals surface area contributed by atoms with Crippen LogP contribution in [0.3, 0.4) is 0 Å². The maximum Gasteiger partial charge on any atom is 0.0597 e. The van der Waals surface area contributed by atoms with Gasteiger partial charge < -0.3 is 5.32 Å². The lowest BCUT2D eigenvalue weighted by Crippen LogP contribution is -2.59. The number of aryl methyl sites for hydroxylation is 2. The average molecular weight is 264 g/mol. The second kappa shape index (κ2) is 5.25. The summed E-state index contributed by atoms with van der Waals surface area (Å²) < 4.78 is 2.02. The van der Waals surface area contributed by atoms with Crippen LogP contribution in [-0.2, 0) is 13.6 Å². The molecule has 1 saturated heterocycles. The predicted molar refractivity (Wildman–Crippen MR) is 79.1 cm³/mol. The van der Waals surface area contributed by atoms with E-state index >= 15 is 0 Å². The van der Waals surface area contributed by atoms with Gasteiger partial charge in [0.2, 0.25) is 0 Å². The summed E-state index contributed by atoms with van der Waals surface area (Å²) in [5.74, 6) is 0. The molecule has 1 aliphatic heterocycles. The highest BCUT2D eigenvalue weighted by atomic mass is 15.3. The van der Waals surface area contributed by atoms with Crippen LogP contribution in [0.4, 0.5) is 0 Å². The van der Waals surface area contributed by atoms with E-state index in [9.17, 15) is 0 Å². The Balaban J connectivity index is 2.16. The topological polar surface area (TPSA) is 33.1 Å². The zero-order valence-corrected chi connectivity index (χ0v) is 13.2. The zero-order chi connectivity index (χ0) is 14.2. The highest BCUT2D eigenvalue weighted by Crippen LogP contribution is 2.27. The van der Waals surface area contributed by atoms with Gasteiger partial charge in [-0.15, -0.1) is 0 Å². The fourth-order valence-electron chi connectivity index (χ4n) is 3.03. The van der Waals surface area contributed by atoms with Crippen LogP contribution < -0.4 is 5.32 Å². The van der Waals surface area contributed by atoms with Gasteiger partial charge in [0, 0.05) is 38.8 Å². The summed E-state index contributed by atoms with van der Waals surface area (Å²) in [4.78, 5) is 2.61. The van der Waals surface area contributed by atoms with Gasteiger partial charge in [0.05, 0.1) is 11.4 Å². The summed E-state index contributed by atoms with van der Waals surface area (Å²) in [6.07, 6.45) is 0. The lowest BCUT2D eigenvalue weighted by molar-refractivity contribution is 0.0507. The van der Waals surface area contributed by atoms with Crippen molar-refractivity contribution in [3.8, 4) is 0 Å². The van der Waals surface area contributed by atoms with E-state index in [4.69, 9.17) is 0 Å². The molecule has 0 aromatic carbocycles. The minimum atomic E-state index is 0.292. The molecule has 2 rings (SSSR count). The molecule has 0 amide bonds. The molecular formula is C15H28N4. The number of nitrogens with one attached hydrogen (secondary N) is 1. The Hall–Kier alpha value is -0.870. The molecule has 4 heteroatoms. The van der Waals surface area contributed by atoms with Gasteiger partial charge >= 0.3 is 0 Å². The quantitative estimate of drug-likeness (QED) is 0.886. The Morgan fingerprint density at radius 3 is 2.63 bits per heavy atom. The van der Waals surface area contributed by atoms with Crippen molar-refractivity contribution in [2.75, 3.05) is 13.1 Å². The van der Waals surface area contributed by atoms with Crippen LogP contribution in [0, 0.1) is 12.3 Å². The third-order valence-corrected chi connectivity index (χ3v) is 4.07. The smallest absolute Gasteiger partial charge is 0.0597 e. The van der Waals surface area contributed by atoms with Gasteiger partial charge in [-0.3, -0.25) is 9.58 Å². The van der Waals surface area contributed by atoms with E-state index in [1.807, 2.05) is 11.7 Å². The highest BCUT2D eigenvalue weighted by molar-refractivity contribution is 5.09. The summed E-state index contributed by atoms with van der Waals surface area (Å²) in [7, 11) is 2.04. The second-order valence-corrected chi connectivity index (χ2v) is 7.02. The summed E-state index contributed by atoms with van der Waals surface area (Å²) in [5.41, 5.74) is 2.70. The molecule has 2 unspecified atom stereocenters. The first-order valence-corrected chi connectivity index (χ1v) is 7.24. The number of piperazine rings is 1. The zero-order valence-electron chi connectivity index (χ0n) is 13.2. The molecule has 0 saturated carbocycles. The molecule has 19 heavy (non-hydrogen) atoms. The molecule has 0 aliphatic carbocycles. The van der Waals surface area contributed by atoms with Gasteiger partial charge in [-0.05, 0) is 25.3 Å². The normalized spacial score (nSPS) is 25.8. The fraction of sp³-hybridized carbons (Fsp3) is 0.800. The van der Waals surface area contributed by atoms with Crippen LogP contribution in [0.2, 0.25) is 0 Å². The predicted octanol–water partition coefficient (Wildman–Crippen LogP) is 1.94. The van der Waals surface area contributed by atoms with Crippen LogP contribution in [0.15, 0.2) is 6.07 Å². The number of hydrogen-bond donors (Lipinski definition) is 1. The van der Waals surface area contributed by atoms with Crippen molar-refractivity contribution in [3.63, 3.8) is 0 Å². The molecular weight excluding hydrogens is 236 g/mol. The number of aromatic nitrogens is 2. The van der Waals surface area contributed by atoms with Crippen molar-refractivity contribution >= 4 is 0 Å². The van der Waals surface area contributed by atoms with Crippen LogP contribution >= 0.6 is 0 Å². The Morgan fingerprint density at radius 2 is 2.11 bits per heavy atom. The fourth-order valence-corrected chi connectivity index (χ4v) is 3.03.